The number of nitrogens with two attached hydrogens (primary N) is 1. The summed E-state index contributed by atoms with van der Waals surface area (Å²) in [6.07, 6.45) is 0. The van der Waals surface area contributed by atoms with E-state index in [0.29, 0.717) is 17.1 Å². The van der Waals surface area contributed by atoms with E-state index < -0.39 is 12.0 Å². The van der Waals surface area contributed by atoms with E-state index in [4.69, 9.17) is 22.1 Å². The average Bonchev–Trinajstić information content (AvgIpc) is 2.52. The van der Waals surface area contributed by atoms with Gasteiger partial charge in [0.1, 0.15) is 6.61 Å². The predicted molar refractivity (Wildman–Crippen MR) is 83.4 cm³/mol. The van der Waals surface area contributed by atoms with Gasteiger partial charge in [-0.2, -0.15) is 0 Å². The zero-order valence-electron chi connectivity index (χ0n) is 11.7. The fraction of sp³-hybridized carbons (Fsp3) is 0.125. The van der Waals surface area contributed by atoms with Crippen LogP contribution in [0.4, 0.5) is 4.79 Å². The van der Waals surface area contributed by atoms with Crippen LogP contribution in [0.15, 0.2) is 48.5 Å². The van der Waals surface area contributed by atoms with Crippen molar-refractivity contribution in [3.63, 3.8) is 0 Å². The predicted octanol–water partition coefficient (Wildman–Crippen LogP) is 2.87. The first-order chi connectivity index (χ1) is 10.6. The fourth-order valence-corrected chi connectivity index (χ4v) is 1.98. The molecule has 2 rings (SSSR count). The minimum Gasteiger partial charge on any atom is -0.457 e. The average molecular weight is 319 g/mol. The Morgan fingerprint density at radius 2 is 1.77 bits per heavy atom. The minimum atomic E-state index is -0.594. The van der Waals surface area contributed by atoms with Crippen molar-refractivity contribution in [1.82, 2.24) is 5.32 Å². The normalized spacial score (nSPS) is 10.0. The lowest BCUT2D eigenvalue weighted by molar-refractivity contribution is 0.0473. The van der Waals surface area contributed by atoms with Gasteiger partial charge >= 0.3 is 12.0 Å². The monoisotopic (exact) mass is 318 g/mol. The van der Waals surface area contributed by atoms with Crippen molar-refractivity contribution in [2.75, 3.05) is 0 Å². The third-order valence-corrected chi connectivity index (χ3v) is 3.34. The van der Waals surface area contributed by atoms with Gasteiger partial charge in [-0.05, 0) is 23.8 Å². The minimum absolute atomic E-state index is 0.115. The summed E-state index contributed by atoms with van der Waals surface area (Å²) in [5.41, 5.74) is 7.00. The summed E-state index contributed by atoms with van der Waals surface area (Å²) in [4.78, 5) is 22.6. The van der Waals surface area contributed by atoms with E-state index >= 15 is 0 Å². The van der Waals surface area contributed by atoms with Crippen LogP contribution in [0.3, 0.4) is 0 Å². The summed E-state index contributed by atoms with van der Waals surface area (Å²) >= 11 is 6.00. The third-order valence-electron chi connectivity index (χ3n) is 2.97. The quantitative estimate of drug-likeness (QED) is 0.832. The van der Waals surface area contributed by atoms with E-state index in [1.807, 2.05) is 12.1 Å². The molecule has 0 aromatic heterocycles. The molecule has 0 fully saturated rings. The number of nitrogens with one attached hydrogen (secondary N) is 1. The SMILES string of the molecule is NC(=O)NCc1ccc(C(=O)OCc2ccccc2Cl)cc1. The van der Waals surface area contributed by atoms with Crippen molar-refractivity contribution in [3.8, 4) is 0 Å². The Morgan fingerprint density at radius 3 is 2.41 bits per heavy atom. The first-order valence-electron chi connectivity index (χ1n) is 6.59. The van der Waals surface area contributed by atoms with Crippen LogP contribution >= 0.6 is 11.6 Å². The lowest BCUT2D eigenvalue weighted by atomic mass is 10.1. The Kier molecular flexibility index (Phi) is 5.38. The fourth-order valence-electron chi connectivity index (χ4n) is 1.79. The topological polar surface area (TPSA) is 81.4 Å². The smallest absolute Gasteiger partial charge is 0.338 e. The number of benzene rings is 2. The summed E-state index contributed by atoms with van der Waals surface area (Å²) < 4.78 is 5.22. The van der Waals surface area contributed by atoms with Gasteiger partial charge in [0.25, 0.3) is 0 Å². The van der Waals surface area contributed by atoms with Crippen molar-refractivity contribution < 1.29 is 14.3 Å². The Labute approximate surface area is 133 Å². The van der Waals surface area contributed by atoms with E-state index in [2.05, 4.69) is 5.32 Å². The van der Waals surface area contributed by atoms with Crippen molar-refractivity contribution in [2.45, 2.75) is 13.2 Å². The number of halogens is 1. The first-order valence-corrected chi connectivity index (χ1v) is 6.97. The first kappa shape index (κ1) is 15.9. The van der Waals surface area contributed by atoms with Gasteiger partial charge in [0.15, 0.2) is 0 Å². The molecule has 5 nitrogen and oxygen atoms in total. The summed E-state index contributed by atoms with van der Waals surface area (Å²) in [7, 11) is 0. The van der Waals surface area contributed by atoms with E-state index in [9.17, 15) is 9.59 Å². The van der Waals surface area contributed by atoms with Gasteiger partial charge < -0.3 is 15.8 Å². The molecule has 0 heterocycles. The van der Waals surface area contributed by atoms with Crippen LogP contribution in [0.1, 0.15) is 21.5 Å². The molecule has 0 spiro atoms. The van der Waals surface area contributed by atoms with Gasteiger partial charge in [0.2, 0.25) is 0 Å². The van der Waals surface area contributed by atoms with E-state index in [1.54, 1.807) is 36.4 Å². The molecule has 0 aliphatic rings. The highest BCUT2D eigenvalue weighted by Gasteiger charge is 2.08. The van der Waals surface area contributed by atoms with Crippen LogP contribution in [0, 0.1) is 0 Å². The number of amides is 2. The number of ether oxygens (including phenoxy) is 1. The second kappa shape index (κ2) is 7.47. The molecule has 0 atom stereocenters. The maximum absolute atomic E-state index is 12.0. The highest BCUT2D eigenvalue weighted by atomic mass is 35.5. The number of rotatable bonds is 5. The van der Waals surface area contributed by atoms with E-state index in [-0.39, 0.29) is 6.61 Å². The lowest BCUT2D eigenvalue weighted by Crippen LogP contribution is -2.28. The Hall–Kier alpha value is -2.53. The summed E-state index contributed by atoms with van der Waals surface area (Å²) in [6, 6.07) is 13.3. The Bertz CT molecular complexity index is 671. The van der Waals surface area contributed by atoms with Gasteiger partial charge in [-0.15, -0.1) is 0 Å². The molecule has 0 bridgehead atoms. The maximum atomic E-state index is 12.0. The van der Waals surface area contributed by atoms with Crippen LogP contribution < -0.4 is 11.1 Å². The highest BCUT2D eigenvalue weighted by Crippen LogP contribution is 2.16. The highest BCUT2D eigenvalue weighted by molar-refractivity contribution is 6.31. The lowest BCUT2D eigenvalue weighted by Gasteiger charge is -2.07. The zero-order valence-corrected chi connectivity index (χ0v) is 12.5. The molecule has 0 aliphatic carbocycles. The van der Waals surface area contributed by atoms with Gasteiger partial charge in [-0.1, -0.05) is 41.9 Å². The molecule has 0 saturated heterocycles. The molecule has 0 saturated carbocycles. The molecule has 22 heavy (non-hydrogen) atoms. The number of hydrogen-bond acceptors (Lipinski definition) is 3. The van der Waals surface area contributed by atoms with Crippen LogP contribution in [-0.4, -0.2) is 12.0 Å². The maximum Gasteiger partial charge on any atom is 0.338 e. The van der Waals surface area contributed by atoms with Gasteiger partial charge in [0, 0.05) is 17.1 Å². The number of carbonyl (C=O) groups is 2. The number of carbonyl (C=O) groups excluding carboxylic acids is 2. The second-order valence-electron chi connectivity index (χ2n) is 4.58. The number of urea groups is 1. The largest absolute Gasteiger partial charge is 0.457 e. The molecule has 2 aromatic rings. The standard InChI is InChI=1S/C16H15ClN2O3/c17-14-4-2-1-3-13(14)10-22-15(20)12-7-5-11(6-8-12)9-19-16(18)21/h1-8H,9-10H2,(H3,18,19,21). The molecular weight excluding hydrogens is 304 g/mol. The van der Waals surface area contributed by atoms with E-state index in [1.165, 1.54) is 0 Å². The molecule has 2 amide bonds. The Morgan fingerprint density at radius 1 is 1.09 bits per heavy atom. The molecule has 114 valence electrons. The number of hydrogen-bond donors (Lipinski definition) is 2. The molecule has 0 unspecified atom stereocenters. The van der Waals surface area contributed by atoms with Crippen molar-refractivity contribution in [2.24, 2.45) is 5.73 Å². The van der Waals surface area contributed by atoms with Crippen molar-refractivity contribution in [1.29, 1.82) is 0 Å². The number of esters is 1. The van der Waals surface area contributed by atoms with Gasteiger partial charge in [0.05, 0.1) is 5.56 Å². The molecule has 0 aliphatic heterocycles. The molecule has 3 N–H and O–H groups in total. The Balaban J connectivity index is 1.92. The van der Waals surface area contributed by atoms with Crippen LogP contribution in [0.5, 0.6) is 0 Å². The second-order valence-corrected chi connectivity index (χ2v) is 4.99. The van der Waals surface area contributed by atoms with Crippen LogP contribution in [0.25, 0.3) is 0 Å². The number of primary amides is 1. The third kappa shape index (κ3) is 4.49. The molecule has 0 radical (unpaired) electrons. The van der Waals surface area contributed by atoms with Crippen LogP contribution in [0.2, 0.25) is 5.02 Å². The molecular formula is C16H15ClN2O3. The van der Waals surface area contributed by atoms with Crippen molar-refractivity contribution in [3.05, 3.63) is 70.2 Å². The zero-order chi connectivity index (χ0) is 15.9. The van der Waals surface area contributed by atoms with Crippen molar-refractivity contribution >= 4 is 23.6 Å². The van der Waals surface area contributed by atoms with E-state index in [0.717, 1.165) is 11.1 Å². The molecule has 2 aromatic carbocycles. The summed E-state index contributed by atoms with van der Waals surface area (Å²) in [6.45, 7) is 0.424. The summed E-state index contributed by atoms with van der Waals surface area (Å²) in [5, 5.41) is 3.03. The molecule has 6 heteroatoms. The summed E-state index contributed by atoms with van der Waals surface area (Å²) in [5.74, 6) is -0.436. The van der Waals surface area contributed by atoms with Crippen LogP contribution in [-0.2, 0) is 17.9 Å². The van der Waals surface area contributed by atoms with Gasteiger partial charge in [-0.3, -0.25) is 0 Å². The van der Waals surface area contributed by atoms with Gasteiger partial charge in [-0.25, -0.2) is 9.59 Å².